The third-order valence-electron chi connectivity index (χ3n) is 2.76. The summed E-state index contributed by atoms with van der Waals surface area (Å²) in [6, 6.07) is 8.35. The average Bonchev–Trinajstić information content (AvgIpc) is 2.48. The van der Waals surface area contributed by atoms with E-state index < -0.39 is 10.0 Å². The molecule has 7 heteroatoms. The van der Waals surface area contributed by atoms with E-state index in [9.17, 15) is 8.42 Å². The number of aromatic nitrogens is 1. The Morgan fingerprint density at radius 1 is 1.29 bits per heavy atom. The van der Waals surface area contributed by atoms with E-state index in [1.54, 1.807) is 36.5 Å². The fourth-order valence-corrected chi connectivity index (χ4v) is 3.00. The van der Waals surface area contributed by atoms with Crippen molar-refractivity contribution in [2.24, 2.45) is 0 Å². The van der Waals surface area contributed by atoms with Gasteiger partial charge in [0.2, 0.25) is 0 Å². The highest BCUT2D eigenvalue weighted by molar-refractivity contribution is 7.92. The molecule has 0 amide bonds. The summed E-state index contributed by atoms with van der Waals surface area (Å²) in [7, 11) is -2.20. The van der Waals surface area contributed by atoms with E-state index in [4.69, 9.17) is 4.74 Å². The molecule has 2 N–H and O–H groups in total. The van der Waals surface area contributed by atoms with E-state index in [2.05, 4.69) is 15.0 Å². The van der Waals surface area contributed by atoms with Gasteiger partial charge in [-0.2, -0.15) is 0 Å². The molecule has 0 spiro atoms. The van der Waals surface area contributed by atoms with Crippen molar-refractivity contribution < 1.29 is 13.2 Å². The molecule has 0 fully saturated rings. The monoisotopic (exact) mass is 307 g/mol. The fraction of sp³-hybridized carbons (Fsp3) is 0.214. The van der Waals surface area contributed by atoms with Crippen LogP contribution in [0.5, 0.6) is 5.75 Å². The molecule has 0 aliphatic rings. The Morgan fingerprint density at radius 3 is 2.81 bits per heavy atom. The SMILES string of the molecule is CCNc1ccncc1S(=O)(=O)Nc1cccc(OC)c1. The van der Waals surface area contributed by atoms with Gasteiger partial charge in [-0.1, -0.05) is 6.07 Å². The average molecular weight is 307 g/mol. The largest absolute Gasteiger partial charge is 0.497 e. The molecule has 0 bridgehead atoms. The van der Waals surface area contributed by atoms with E-state index in [0.717, 1.165) is 0 Å². The summed E-state index contributed by atoms with van der Waals surface area (Å²) in [4.78, 5) is 3.99. The van der Waals surface area contributed by atoms with Gasteiger partial charge in [0.05, 0.1) is 18.5 Å². The molecule has 2 rings (SSSR count). The molecule has 1 heterocycles. The van der Waals surface area contributed by atoms with Crippen LogP contribution in [-0.4, -0.2) is 27.1 Å². The molecule has 0 radical (unpaired) electrons. The van der Waals surface area contributed by atoms with Crippen LogP contribution in [0.1, 0.15) is 6.92 Å². The zero-order valence-corrected chi connectivity index (χ0v) is 12.6. The minimum atomic E-state index is -3.72. The lowest BCUT2D eigenvalue weighted by atomic mass is 10.3. The van der Waals surface area contributed by atoms with Crippen molar-refractivity contribution in [3.05, 3.63) is 42.7 Å². The topological polar surface area (TPSA) is 80.3 Å². The highest BCUT2D eigenvalue weighted by atomic mass is 32.2. The molecule has 2 aromatic rings. The Labute approximate surface area is 124 Å². The molecular weight excluding hydrogens is 290 g/mol. The van der Waals surface area contributed by atoms with Gasteiger partial charge in [0.1, 0.15) is 10.6 Å². The molecule has 6 nitrogen and oxygen atoms in total. The van der Waals surface area contributed by atoms with Gasteiger partial charge in [-0.25, -0.2) is 8.42 Å². The first-order chi connectivity index (χ1) is 10.1. The number of hydrogen-bond acceptors (Lipinski definition) is 5. The van der Waals surface area contributed by atoms with Crippen molar-refractivity contribution in [3.63, 3.8) is 0 Å². The van der Waals surface area contributed by atoms with Crippen LogP contribution in [0.15, 0.2) is 47.6 Å². The highest BCUT2D eigenvalue weighted by Gasteiger charge is 2.19. The number of pyridine rings is 1. The van der Waals surface area contributed by atoms with Gasteiger partial charge in [-0.05, 0) is 25.1 Å². The summed E-state index contributed by atoms with van der Waals surface area (Å²) in [5, 5.41) is 3.01. The van der Waals surface area contributed by atoms with Gasteiger partial charge in [0, 0.05) is 25.0 Å². The molecule has 1 aromatic carbocycles. The maximum Gasteiger partial charge on any atom is 0.265 e. The molecule has 0 saturated heterocycles. The smallest absolute Gasteiger partial charge is 0.265 e. The number of sulfonamides is 1. The summed E-state index contributed by atoms with van der Waals surface area (Å²) in [5.41, 5.74) is 0.948. The van der Waals surface area contributed by atoms with Crippen molar-refractivity contribution in [2.75, 3.05) is 23.7 Å². The van der Waals surface area contributed by atoms with Crippen LogP contribution in [0.25, 0.3) is 0 Å². The van der Waals surface area contributed by atoms with Gasteiger partial charge in [-0.15, -0.1) is 0 Å². The van der Waals surface area contributed by atoms with Crippen LogP contribution in [0.2, 0.25) is 0 Å². The van der Waals surface area contributed by atoms with E-state index in [1.807, 2.05) is 6.92 Å². The van der Waals surface area contributed by atoms with Crippen LogP contribution in [0, 0.1) is 0 Å². The number of nitrogens with zero attached hydrogens (tertiary/aromatic N) is 1. The predicted molar refractivity (Wildman–Crippen MR) is 82.2 cm³/mol. The molecular formula is C14H17N3O3S. The lowest BCUT2D eigenvalue weighted by molar-refractivity contribution is 0.415. The maximum atomic E-state index is 12.5. The normalized spacial score (nSPS) is 11.0. The second-order valence-corrected chi connectivity index (χ2v) is 5.89. The van der Waals surface area contributed by atoms with Crippen molar-refractivity contribution in [2.45, 2.75) is 11.8 Å². The minimum Gasteiger partial charge on any atom is -0.497 e. The number of hydrogen-bond donors (Lipinski definition) is 2. The summed E-state index contributed by atoms with van der Waals surface area (Å²) in [6.45, 7) is 2.51. The molecule has 0 unspecified atom stereocenters. The van der Waals surface area contributed by atoms with Crippen molar-refractivity contribution in [1.29, 1.82) is 0 Å². The van der Waals surface area contributed by atoms with E-state index >= 15 is 0 Å². The summed E-state index contributed by atoms with van der Waals surface area (Å²) < 4.78 is 32.5. The molecule has 0 aliphatic carbocycles. The van der Waals surface area contributed by atoms with Crippen molar-refractivity contribution >= 4 is 21.4 Å². The van der Waals surface area contributed by atoms with Crippen molar-refractivity contribution in [3.8, 4) is 5.75 Å². The second-order valence-electron chi connectivity index (χ2n) is 4.24. The summed E-state index contributed by atoms with van der Waals surface area (Å²) >= 11 is 0. The maximum absolute atomic E-state index is 12.5. The van der Waals surface area contributed by atoms with Crippen LogP contribution < -0.4 is 14.8 Å². The Balaban J connectivity index is 2.34. The summed E-state index contributed by atoms with van der Waals surface area (Å²) in [5.74, 6) is 0.577. The Bertz CT molecular complexity index is 717. The Kier molecular flexibility index (Phi) is 4.64. The first kappa shape index (κ1) is 15.1. The van der Waals surface area contributed by atoms with Gasteiger partial charge in [-0.3, -0.25) is 9.71 Å². The summed E-state index contributed by atoms with van der Waals surface area (Å²) in [6.07, 6.45) is 2.86. The Hall–Kier alpha value is -2.28. The van der Waals surface area contributed by atoms with Gasteiger partial charge >= 0.3 is 0 Å². The van der Waals surface area contributed by atoms with Crippen molar-refractivity contribution in [1.82, 2.24) is 4.98 Å². The molecule has 112 valence electrons. The van der Waals surface area contributed by atoms with Gasteiger partial charge in [0.15, 0.2) is 0 Å². The predicted octanol–water partition coefficient (Wildman–Crippen LogP) is 2.32. The fourth-order valence-electron chi connectivity index (χ4n) is 1.83. The second kappa shape index (κ2) is 6.45. The first-order valence-corrected chi connectivity index (χ1v) is 7.90. The van der Waals surface area contributed by atoms with Gasteiger partial charge < -0.3 is 10.1 Å². The van der Waals surface area contributed by atoms with Gasteiger partial charge in [0.25, 0.3) is 10.0 Å². The van der Waals surface area contributed by atoms with Crippen LogP contribution >= 0.6 is 0 Å². The third kappa shape index (κ3) is 3.63. The van der Waals surface area contributed by atoms with E-state index in [1.165, 1.54) is 13.3 Å². The standard InChI is InChI=1S/C14H17N3O3S/c1-3-16-13-7-8-15-10-14(13)21(18,19)17-11-5-4-6-12(9-11)20-2/h4-10,17H,3H2,1-2H3,(H,15,16). The lowest BCUT2D eigenvalue weighted by Crippen LogP contribution is -2.15. The lowest BCUT2D eigenvalue weighted by Gasteiger charge is -2.13. The number of nitrogens with one attached hydrogen (secondary N) is 2. The van der Waals surface area contributed by atoms with Crippen LogP contribution in [0.4, 0.5) is 11.4 Å². The van der Waals surface area contributed by atoms with Crippen LogP contribution in [-0.2, 0) is 10.0 Å². The molecule has 0 atom stereocenters. The number of anilines is 2. The zero-order chi connectivity index (χ0) is 15.3. The quantitative estimate of drug-likeness (QED) is 0.856. The third-order valence-corrected chi connectivity index (χ3v) is 4.17. The first-order valence-electron chi connectivity index (χ1n) is 6.41. The highest BCUT2D eigenvalue weighted by Crippen LogP contribution is 2.24. The number of benzene rings is 1. The number of ether oxygens (including phenoxy) is 1. The molecule has 0 saturated carbocycles. The molecule has 1 aromatic heterocycles. The number of methoxy groups -OCH3 is 1. The zero-order valence-electron chi connectivity index (χ0n) is 11.8. The van der Waals surface area contributed by atoms with E-state index in [0.29, 0.717) is 23.7 Å². The minimum absolute atomic E-state index is 0.106. The Morgan fingerprint density at radius 2 is 2.10 bits per heavy atom. The number of rotatable bonds is 6. The van der Waals surface area contributed by atoms with Crippen LogP contribution in [0.3, 0.4) is 0 Å². The van der Waals surface area contributed by atoms with E-state index in [-0.39, 0.29) is 4.90 Å². The molecule has 21 heavy (non-hydrogen) atoms. The molecule has 0 aliphatic heterocycles.